The van der Waals surface area contributed by atoms with E-state index in [1.165, 1.54) is 11.1 Å². The Labute approximate surface area is 143 Å². The minimum Gasteiger partial charge on any atom is -0.338 e. The second-order valence-electron chi connectivity index (χ2n) is 7.03. The molecule has 24 heavy (non-hydrogen) atoms. The second kappa shape index (κ2) is 6.78. The Hall–Kier alpha value is -2.13. The van der Waals surface area contributed by atoms with Crippen LogP contribution in [0.4, 0.5) is 0 Å². The van der Waals surface area contributed by atoms with Gasteiger partial charge in [-0.15, -0.1) is 0 Å². The van der Waals surface area contributed by atoms with E-state index >= 15 is 0 Å². The molecule has 0 saturated carbocycles. The molecule has 0 aromatic heterocycles. The summed E-state index contributed by atoms with van der Waals surface area (Å²) in [6.07, 6.45) is 1.88. The Kier molecular flexibility index (Phi) is 4.35. The van der Waals surface area contributed by atoms with Crippen molar-refractivity contribution < 1.29 is 4.79 Å². The lowest BCUT2D eigenvalue weighted by Crippen LogP contribution is -2.32. The summed E-state index contributed by atoms with van der Waals surface area (Å²) >= 11 is 0. The zero-order valence-corrected chi connectivity index (χ0v) is 13.9. The molecule has 2 aliphatic heterocycles. The molecular weight excluding hydrogens is 296 g/mol. The van der Waals surface area contributed by atoms with E-state index in [1.54, 1.807) is 0 Å². The summed E-state index contributed by atoms with van der Waals surface area (Å²) < 4.78 is 0. The van der Waals surface area contributed by atoms with Crippen LogP contribution < -0.4 is 5.32 Å². The highest BCUT2D eigenvalue weighted by Gasteiger charge is 2.38. The number of amides is 1. The molecule has 0 aliphatic carbocycles. The zero-order valence-electron chi connectivity index (χ0n) is 13.9. The van der Waals surface area contributed by atoms with Gasteiger partial charge < -0.3 is 10.2 Å². The van der Waals surface area contributed by atoms with Crippen LogP contribution in [0.3, 0.4) is 0 Å². The number of aryl methyl sites for hydroxylation is 2. The monoisotopic (exact) mass is 320 g/mol. The van der Waals surface area contributed by atoms with Crippen molar-refractivity contribution in [1.82, 2.24) is 10.2 Å². The van der Waals surface area contributed by atoms with Gasteiger partial charge in [0.1, 0.15) is 0 Å². The smallest absolute Gasteiger partial charge is 0.254 e. The number of nitrogens with one attached hydrogen (secondary N) is 1. The highest BCUT2D eigenvalue weighted by molar-refractivity contribution is 5.96. The van der Waals surface area contributed by atoms with E-state index < -0.39 is 0 Å². The Morgan fingerprint density at radius 1 is 0.917 bits per heavy atom. The van der Waals surface area contributed by atoms with Gasteiger partial charge in [-0.2, -0.15) is 0 Å². The van der Waals surface area contributed by atoms with Gasteiger partial charge in [0.15, 0.2) is 0 Å². The van der Waals surface area contributed by atoms with Crippen molar-refractivity contribution in [2.75, 3.05) is 26.2 Å². The molecule has 124 valence electrons. The number of nitrogens with zero attached hydrogens (tertiary/aromatic N) is 1. The van der Waals surface area contributed by atoms with Gasteiger partial charge in [-0.05, 0) is 41.9 Å². The molecule has 0 radical (unpaired) electrons. The molecule has 0 bridgehead atoms. The topological polar surface area (TPSA) is 32.3 Å². The van der Waals surface area contributed by atoms with Crippen molar-refractivity contribution in [1.29, 1.82) is 0 Å². The Balaban J connectivity index is 1.48. The fourth-order valence-corrected chi connectivity index (χ4v) is 4.06. The van der Waals surface area contributed by atoms with Crippen LogP contribution in [0.5, 0.6) is 0 Å². The number of rotatable bonds is 4. The summed E-state index contributed by atoms with van der Waals surface area (Å²) in [6, 6.07) is 18.6. The summed E-state index contributed by atoms with van der Waals surface area (Å²) in [5.41, 5.74) is 3.38. The molecule has 2 aliphatic rings. The van der Waals surface area contributed by atoms with Crippen LogP contribution in [0, 0.1) is 11.8 Å². The number of hydrogen-bond donors (Lipinski definition) is 1. The highest BCUT2D eigenvalue weighted by atomic mass is 16.2. The minimum atomic E-state index is 0.216. The number of benzene rings is 2. The summed E-state index contributed by atoms with van der Waals surface area (Å²) in [6.45, 7) is 3.93. The van der Waals surface area contributed by atoms with Crippen LogP contribution in [0.1, 0.15) is 21.5 Å². The van der Waals surface area contributed by atoms with Crippen LogP contribution in [-0.2, 0) is 12.8 Å². The minimum absolute atomic E-state index is 0.216. The first-order valence-electron chi connectivity index (χ1n) is 8.93. The van der Waals surface area contributed by atoms with Crippen molar-refractivity contribution in [3.63, 3.8) is 0 Å². The summed E-state index contributed by atoms with van der Waals surface area (Å²) in [4.78, 5) is 15.1. The third kappa shape index (κ3) is 3.09. The quantitative estimate of drug-likeness (QED) is 0.939. The molecule has 0 spiro atoms. The van der Waals surface area contributed by atoms with E-state index in [0.29, 0.717) is 11.8 Å². The fourth-order valence-electron chi connectivity index (χ4n) is 4.06. The van der Waals surface area contributed by atoms with Crippen molar-refractivity contribution in [3.8, 4) is 0 Å². The SMILES string of the molecule is O=C(c1ccccc1CCc1ccccc1)N1C[C@H]2CNC[C@H]2C1. The van der Waals surface area contributed by atoms with Crippen LogP contribution in [0.2, 0.25) is 0 Å². The standard InChI is InChI=1S/C21H24N2O/c24-21(23-14-18-12-22-13-19(18)15-23)20-9-5-4-8-17(20)11-10-16-6-2-1-3-7-16/h1-9,18-19,22H,10-15H2/t18-,19+. The van der Waals surface area contributed by atoms with E-state index in [1.807, 2.05) is 24.3 Å². The van der Waals surface area contributed by atoms with Crippen LogP contribution in [0.25, 0.3) is 0 Å². The van der Waals surface area contributed by atoms with E-state index in [9.17, 15) is 4.79 Å². The van der Waals surface area contributed by atoms with Crippen molar-refractivity contribution in [2.24, 2.45) is 11.8 Å². The van der Waals surface area contributed by atoms with Gasteiger partial charge in [0, 0.05) is 31.7 Å². The van der Waals surface area contributed by atoms with Gasteiger partial charge in [-0.1, -0.05) is 48.5 Å². The number of carbonyl (C=O) groups is 1. The molecule has 2 atom stereocenters. The van der Waals surface area contributed by atoms with Crippen LogP contribution in [-0.4, -0.2) is 37.0 Å². The van der Waals surface area contributed by atoms with E-state index in [0.717, 1.165) is 44.6 Å². The number of hydrogen-bond acceptors (Lipinski definition) is 2. The van der Waals surface area contributed by atoms with E-state index in [2.05, 4.69) is 40.5 Å². The molecule has 3 heteroatoms. The van der Waals surface area contributed by atoms with Gasteiger partial charge in [-0.25, -0.2) is 0 Å². The maximum Gasteiger partial charge on any atom is 0.254 e. The largest absolute Gasteiger partial charge is 0.338 e. The molecule has 2 fully saturated rings. The summed E-state index contributed by atoms with van der Waals surface area (Å²) in [5.74, 6) is 1.50. The van der Waals surface area contributed by atoms with Crippen LogP contribution in [0.15, 0.2) is 54.6 Å². The lowest BCUT2D eigenvalue weighted by atomic mass is 9.99. The maximum atomic E-state index is 13.0. The number of likely N-dealkylation sites (tertiary alicyclic amines) is 1. The first kappa shape index (κ1) is 15.4. The fraction of sp³-hybridized carbons (Fsp3) is 0.381. The summed E-state index contributed by atoms with van der Waals surface area (Å²) in [7, 11) is 0. The maximum absolute atomic E-state index is 13.0. The third-order valence-electron chi connectivity index (χ3n) is 5.45. The van der Waals surface area contributed by atoms with E-state index in [4.69, 9.17) is 0 Å². The normalized spacial score (nSPS) is 22.6. The molecule has 2 heterocycles. The molecule has 2 aromatic carbocycles. The third-order valence-corrected chi connectivity index (χ3v) is 5.45. The van der Waals surface area contributed by atoms with Gasteiger partial charge in [0.2, 0.25) is 0 Å². The lowest BCUT2D eigenvalue weighted by molar-refractivity contribution is 0.0780. The average Bonchev–Trinajstić information content (AvgIpc) is 3.22. The van der Waals surface area contributed by atoms with E-state index in [-0.39, 0.29) is 5.91 Å². The lowest BCUT2D eigenvalue weighted by Gasteiger charge is -2.19. The van der Waals surface area contributed by atoms with Crippen molar-refractivity contribution in [2.45, 2.75) is 12.8 Å². The molecule has 1 N–H and O–H groups in total. The molecule has 4 rings (SSSR count). The predicted octanol–water partition coefficient (Wildman–Crippen LogP) is 2.76. The van der Waals surface area contributed by atoms with Gasteiger partial charge in [-0.3, -0.25) is 4.79 Å². The van der Waals surface area contributed by atoms with Gasteiger partial charge >= 0.3 is 0 Å². The molecule has 2 saturated heterocycles. The molecular formula is C21H24N2O. The first-order valence-corrected chi connectivity index (χ1v) is 8.93. The first-order chi connectivity index (χ1) is 11.8. The number of carbonyl (C=O) groups excluding carboxylic acids is 1. The number of fused-ring (bicyclic) bond motifs is 1. The average molecular weight is 320 g/mol. The van der Waals surface area contributed by atoms with Gasteiger partial charge in [0.05, 0.1) is 0 Å². The van der Waals surface area contributed by atoms with Gasteiger partial charge in [0.25, 0.3) is 5.91 Å². The van der Waals surface area contributed by atoms with Crippen molar-refractivity contribution >= 4 is 5.91 Å². The van der Waals surface area contributed by atoms with Crippen molar-refractivity contribution in [3.05, 3.63) is 71.3 Å². The molecule has 1 amide bonds. The second-order valence-corrected chi connectivity index (χ2v) is 7.03. The molecule has 2 aromatic rings. The Morgan fingerprint density at radius 2 is 1.58 bits per heavy atom. The Bertz CT molecular complexity index is 701. The molecule has 0 unspecified atom stereocenters. The molecule has 3 nitrogen and oxygen atoms in total. The summed E-state index contributed by atoms with van der Waals surface area (Å²) in [5, 5.41) is 3.44. The zero-order chi connectivity index (χ0) is 16.4. The van der Waals surface area contributed by atoms with Crippen LogP contribution >= 0.6 is 0 Å². The highest BCUT2D eigenvalue weighted by Crippen LogP contribution is 2.28. The predicted molar refractivity (Wildman–Crippen MR) is 96.0 cm³/mol. The Morgan fingerprint density at radius 3 is 2.33 bits per heavy atom.